The molecule has 1 aromatic rings. The van der Waals surface area contributed by atoms with Crippen molar-refractivity contribution in [3.8, 4) is 0 Å². The third-order valence-corrected chi connectivity index (χ3v) is 2.36. The number of rotatable bonds is 4. The highest BCUT2D eigenvalue weighted by molar-refractivity contribution is 7.71. The number of pyridine rings is 1. The minimum atomic E-state index is -0.435. The van der Waals surface area contributed by atoms with Crippen LogP contribution in [0.2, 0.25) is 0 Å². The number of aromatic amines is 1. The fraction of sp³-hybridized carbons (Fsp3) is 0.300. The highest BCUT2D eigenvalue weighted by Gasteiger charge is 2.15. The van der Waals surface area contributed by atoms with Gasteiger partial charge in [-0.15, -0.1) is 6.58 Å². The second-order valence-electron chi connectivity index (χ2n) is 3.10. The largest absolute Gasteiger partial charge is 0.344 e. The second-order valence-corrected chi connectivity index (χ2v) is 3.51. The van der Waals surface area contributed by atoms with E-state index in [0.717, 1.165) is 5.69 Å². The lowest BCUT2D eigenvalue weighted by atomic mass is 10.1. The quantitative estimate of drug-likeness (QED) is 0.370. The SMILES string of the molecule is C=CCc1cc(CC)c([N+](=O)[O-])c(=S)[nH]1. The molecule has 0 atom stereocenters. The molecule has 0 fully saturated rings. The number of hydrogen-bond acceptors (Lipinski definition) is 3. The minimum absolute atomic E-state index is 0.0142. The number of aryl methyl sites for hydroxylation is 1. The van der Waals surface area contributed by atoms with Gasteiger partial charge in [-0.25, -0.2) is 0 Å². The zero-order valence-electron chi connectivity index (χ0n) is 8.45. The highest BCUT2D eigenvalue weighted by atomic mass is 32.1. The first-order chi connectivity index (χ1) is 7.10. The van der Waals surface area contributed by atoms with Gasteiger partial charge < -0.3 is 4.98 Å². The lowest BCUT2D eigenvalue weighted by molar-refractivity contribution is -0.386. The summed E-state index contributed by atoms with van der Waals surface area (Å²) in [5.41, 5.74) is 1.54. The summed E-state index contributed by atoms with van der Waals surface area (Å²) in [6.07, 6.45) is 2.96. The Bertz CT molecular complexity index is 451. The van der Waals surface area contributed by atoms with Crippen LogP contribution >= 0.6 is 12.2 Å². The molecule has 1 heterocycles. The van der Waals surface area contributed by atoms with Gasteiger partial charge in [-0.05, 0) is 12.5 Å². The molecule has 1 N–H and O–H groups in total. The molecule has 1 rings (SSSR count). The van der Waals surface area contributed by atoms with Gasteiger partial charge in [0.15, 0.2) is 4.64 Å². The fourth-order valence-corrected chi connectivity index (χ4v) is 1.74. The number of nitrogens with zero attached hydrogens (tertiary/aromatic N) is 1. The Labute approximate surface area is 92.8 Å². The van der Waals surface area contributed by atoms with Crippen LogP contribution in [-0.4, -0.2) is 9.91 Å². The van der Waals surface area contributed by atoms with Crippen LogP contribution < -0.4 is 0 Å². The Kier molecular flexibility index (Phi) is 3.74. The number of H-pyrrole nitrogens is 1. The number of allylic oxidation sites excluding steroid dienone is 1. The van der Waals surface area contributed by atoms with E-state index in [1.807, 2.05) is 6.92 Å². The predicted octanol–water partition coefficient (Wildman–Crippen LogP) is 2.94. The van der Waals surface area contributed by atoms with Gasteiger partial charge in [0, 0.05) is 17.7 Å². The number of nitro groups is 1. The van der Waals surface area contributed by atoms with Gasteiger partial charge in [-0.1, -0.05) is 25.2 Å². The Morgan fingerprint density at radius 3 is 2.87 bits per heavy atom. The Hall–Kier alpha value is -1.49. The highest BCUT2D eigenvalue weighted by Crippen LogP contribution is 2.20. The van der Waals surface area contributed by atoms with Gasteiger partial charge in [-0.2, -0.15) is 0 Å². The molecule has 5 heteroatoms. The molecule has 0 saturated carbocycles. The number of hydrogen-bond donors (Lipinski definition) is 1. The summed E-state index contributed by atoms with van der Waals surface area (Å²) in [6, 6.07) is 1.77. The average Bonchev–Trinajstić information content (AvgIpc) is 2.16. The van der Waals surface area contributed by atoms with Crippen LogP contribution in [0.3, 0.4) is 0 Å². The van der Waals surface area contributed by atoms with Crippen molar-refractivity contribution < 1.29 is 4.92 Å². The van der Waals surface area contributed by atoms with Gasteiger partial charge in [0.25, 0.3) is 0 Å². The van der Waals surface area contributed by atoms with Gasteiger partial charge >= 0.3 is 5.69 Å². The molecule has 0 aromatic carbocycles. The molecule has 0 amide bonds. The lowest BCUT2D eigenvalue weighted by Gasteiger charge is -2.03. The molecular weight excluding hydrogens is 212 g/mol. The molecule has 0 radical (unpaired) electrons. The molecule has 80 valence electrons. The zero-order chi connectivity index (χ0) is 11.4. The van der Waals surface area contributed by atoms with Crippen LogP contribution in [0.15, 0.2) is 18.7 Å². The average molecular weight is 224 g/mol. The predicted molar refractivity (Wildman–Crippen MR) is 61.6 cm³/mol. The molecule has 0 aliphatic rings. The van der Waals surface area contributed by atoms with E-state index < -0.39 is 4.92 Å². The molecule has 0 bridgehead atoms. The van der Waals surface area contributed by atoms with E-state index in [0.29, 0.717) is 18.4 Å². The summed E-state index contributed by atoms with van der Waals surface area (Å²) in [5, 5.41) is 10.8. The maximum absolute atomic E-state index is 10.8. The van der Waals surface area contributed by atoms with Gasteiger partial charge in [0.05, 0.1) is 4.92 Å². The molecule has 0 unspecified atom stereocenters. The molecule has 0 aliphatic carbocycles. The topological polar surface area (TPSA) is 58.9 Å². The van der Waals surface area contributed by atoms with E-state index in [-0.39, 0.29) is 10.3 Å². The molecule has 15 heavy (non-hydrogen) atoms. The van der Waals surface area contributed by atoms with Crippen LogP contribution in [0.1, 0.15) is 18.2 Å². The van der Waals surface area contributed by atoms with Gasteiger partial charge in [-0.3, -0.25) is 10.1 Å². The summed E-state index contributed by atoms with van der Waals surface area (Å²) in [6.45, 7) is 5.48. The third-order valence-electron chi connectivity index (χ3n) is 2.07. The molecule has 0 aliphatic heterocycles. The van der Waals surface area contributed by atoms with Gasteiger partial charge in [0.2, 0.25) is 0 Å². The smallest absolute Gasteiger partial charge is 0.306 e. The van der Waals surface area contributed by atoms with Crippen molar-refractivity contribution >= 4 is 17.9 Å². The first-order valence-corrected chi connectivity index (χ1v) is 5.01. The van der Waals surface area contributed by atoms with E-state index in [4.69, 9.17) is 12.2 Å². The van der Waals surface area contributed by atoms with Crippen molar-refractivity contribution in [3.63, 3.8) is 0 Å². The van der Waals surface area contributed by atoms with E-state index in [9.17, 15) is 10.1 Å². The first kappa shape index (κ1) is 11.6. The maximum Gasteiger partial charge on any atom is 0.306 e. The van der Waals surface area contributed by atoms with Crippen LogP contribution in [0.25, 0.3) is 0 Å². The van der Waals surface area contributed by atoms with Crippen molar-refractivity contribution in [1.29, 1.82) is 0 Å². The van der Waals surface area contributed by atoms with Crippen LogP contribution in [0.5, 0.6) is 0 Å². The summed E-state index contributed by atoms with van der Waals surface area (Å²) >= 11 is 4.95. The van der Waals surface area contributed by atoms with Crippen LogP contribution in [-0.2, 0) is 12.8 Å². The van der Waals surface area contributed by atoms with E-state index in [1.54, 1.807) is 12.1 Å². The fourth-order valence-electron chi connectivity index (χ4n) is 1.40. The maximum atomic E-state index is 10.8. The molecular formula is C10H12N2O2S. The van der Waals surface area contributed by atoms with E-state index in [2.05, 4.69) is 11.6 Å². The van der Waals surface area contributed by atoms with Crippen molar-refractivity contribution in [2.75, 3.05) is 0 Å². The molecule has 0 saturated heterocycles. The molecule has 1 aromatic heterocycles. The van der Waals surface area contributed by atoms with Crippen molar-refractivity contribution in [2.45, 2.75) is 19.8 Å². The number of nitrogens with one attached hydrogen (secondary N) is 1. The monoisotopic (exact) mass is 224 g/mol. The van der Waals surface area contributed by atoms with Crippen molar-refractivity contribution in [1.82, 2.24) is 4.98 Å². The van der Waals surface area contributed by atoms with Crippen LogP contribution in [0, 0.1) is 14.8 Å². The van der Waals surface area contributed by atoms with Crippen molar-refractivity contribution in [3.05, 3.63) is 44.7 Å². The normalized spacial score (nSPS) is 9.93. The summed E-state index contributed by atoms with van der Waals surface area (Å²) < 4.78 is 0.191. The first-order valence-electron chi connectivity index (χ1n) is 4.60. The van der Waals surface area contributed by atoms with E-state index in [1.165, 1.54) is 0 Å². The zero-order valence-corrected chi connectivity index (χ0v) is 9.26. The van der Waals surface area contributed by atoms with Crippen molar-refractivity contribution in [2.24, 2.45) is 0 Å². The Morgan fingerprint density at radius 2 is 2.40 bits per heavy atom. The summed E-state index contributed by atoms with van der Waals surface area (Å²) in [7, 11) is 0. The second kappa shape index (κ2) is 4.84. The van der Waals surface area contributed by atoms with E-state index >= 15 is 0 Å². The Morgan fingerprint density at radius 1 is 1.73 bits per heavy atom. The number of aromatic nitrogens is 1. The lowest BCUT2D eigenvalue weighted by Crippen LogP contribution is -2.00. The molecule has 0 spiro atoms. The standard InChI is InChI=1S/C10H12N2O2S/c1-3-5-8-6-7(4-2)9(12(13)14)10(15)11-8/h3,6H,1,4-5H2,2H3,(H,11,15). The van der Waals surface area contributed by atoms with Crippen LogP contribution in [0.4, 0.5) is 5.69 Å². The third kappa shape index (κ3) is 2.50. The Balaban J connectivity index is 3.37. The van der Waals surface area contributed by atoms with Gasteiger partial charge in [0.1, 0.15) is 0 Å². The minimum Gasteiger partial charge on any atom is -0.344 e. The summed E-state index contributed by atoms with van der Waals surface area (Å²) in [5.74, 6) is 0. The summed E-state index contributed by atoms with van der Waals surface area (Å²) in [4.78, 5) is 13.2. The molecule has 4 nitrogen and oxygen atoms in total.